The molecule has 0 radical (unpaired) electrons. The fourth-order valence-electron chi connectivity index (χ4n) is 1.69. The van der Waals surface area contributed by atoms with Crippen LogP contribution < -0.4 is 0 Å². The number of hydrogen-bond donors (Lipinski definition) is 0. The zero-order valence-electron chi connectivity index (χ0n) is 7.77. The van der Waals surface area contributed by atoms with Crippen LogP contribution >= 0.6 is 0 Å². The summed E-state index contributed by atoms with van der Waals surface area (Å²) in [5.74, 6) is 0.591. The Morgan fingerprint density at radius 1 is 1.50 bits per heavy atom. The molecule has 0 aromatic carbocycles. The summed E-state index contributed by atoms with van der Waals surface area (Å²) in [4.78, 5) is 0. The molecule has 1 aliphatic carbocycles. The Bertz CT molecular complexity index is 249. The lowest BCUT2D eigenvalue weighted by Crippen LogP contribution is -2.06. The van der Waals surface area contributed by atoms with Crippen LogP contribution in [0.4, 0.5) is 0 Å². The van der Waals surface area contributed by atoms with E-state index in [0.29, 0.717) is 5.92 Å². The molecule has 0 spiro atoms. The summed E-state index contributed by atoms with van der Waals surface area (Å²) in [5, 5.41) is 0. The van der Waals surface area contributed by atoms with Crippen LogP contribution in [0.25, 0.3) is 0 Å². The van der Waals surface area contributed by atoms with Crippen molar-refractivity contribution in [3.63, 3.8) is 0 Å². The SMILES string of the molecule is C=CC1CC(=C)CC(=C=CC)C1. The van der Waals surface area contributed by atoms with Crippen molar-refractivity contribution in [3.8, 4) is 0 Å². The molecule has 0 heteroatoms. The predicted molar refractivity (Wildman–Crippen MR) is 53.9 cm³/mol. The van der Waals surface area contributed by atoms with E-state index < -0.39 is 0 Å². The van der Waals surface area contributed by atoms with Gasteiger partial charge in [0, 0.05) is 0 Å². The van der Waals surface area contributed by atoms with Gasteiger partial charge in [0.15, 0.2) is 0 Å². The monoisotopic (exact) mass is 160 g/mol. The first kappa shape index (κ1) is 9.09. The predicted octanol–water partition coefficient (Wildman–Crippen LogP) is 3.63. The topological polar surface area (TPSA) is 0 Å². The third-order valence-electron chi connectivity index (χ3n) is 2.20. The highest BCUT2D eigenvalue weighted by Crippen LogP contribution is 2.31. The molecular weight excluding hydrogens is 144 g/mol. The molecule has 0 amide bonds. The normalized spacial score (nSPS) is 23.2. The van der Waals surface area contributed by atoms with Crippen molar-refractivity contribution in [2.75, 3.05) is 0 Å². The van der Waals surface area contributed by atoms with Gasteiger partial charge < -0.3 is 0 Å². The standard InChI is InChI=1S/C12H16/c1-4-6-12-8-10(3)7-11(5-2)9-12/h4-5,11H,2-3,7-9H2,1H3. The highest BCUT2D eigenvalue weighted by Gasteiger charge is 2.15. The third-order valence-corrected chi connectivity index (χ3v) is 2.20. The van der Waals surface area contributed by atoms with Crippen LogP contribution in [-0.4, -0.2) is 0 Å². The number of allylic oxidation sites excluding steroid dienone is 3. The maximum Gasteiger partial charge on any atom is -0.00346 e. The van der Waals surface area contributed by atoms with Crippen LogP contribution in [0, 0.1) is 5.92 Å². The minimum atomic E-state index is 0.591. The molecular formula is C12H16. The molecule has 0 bridgehead atoms. The van der Waals surface area contributed by atoms with E-state index in [1.807, 2.05) is 19.1 Å². The number of hydrogen-bond acceptors (Lipinski definition) is 0. The van der Waals surface area contributed by atoms with Crippen molar-refractivity contribution >= 4 is 0 Å². The van der Waals surface area contributed by atoms with Crippen molar-refractivity contribution in [2.24, 2.45) is 5.92 Å². The lowest BCUT2D eigenvalue weighted by molar-refractivity contribution is 0.581. The van der Waals surface area contributed by atoms with Crippen molar-refractivity contribution in [1.82, 2.24) is 0 Å². The first-order chi connectivity index (χ1) is 5.76. The van der Waals surface area contributed by atoms with Crippen molar-refractivity contribution in [2.45, 2.75) is 26.2 Å². The summed E-state index contributed by atoms with van der Waals surface area (Å²) in [6.45, 7) is 9.85. The second kappa shape index (κ2) is 4.13. The van der Waals surface area contributed by atoms with Gasteiger partial charge in [-0.05, 0) is 43.8 Å². The van der Waals surface area contributed by atoms with E-state index in [2.05, 4.69) is 18.9 Å². The first-order valence-corrected chi connectivity index (χ1v) is 4.44. The minimum Gasteiger partial charge on any atom is -0.126 e. The molecule has 1 unspecified atom stereocenters. The van der Waals surface area contributed by atoms with Crippen LogP contribution in [0.15, 0.2) is 42.2 Å². The van der Waals surface area contributed by atoms with Gasteiger partial charge in [-0.3, -0.25) is 0 Å². The Balaban J connectivity index is 2.76. The van der Waals surface area contributed by atoms with Gasteiger partial charge in [-0.15, -0.1) is 12.3 Å². The molecule has 0 heterocycles. The van der Waals surface area contributed by atoms with Gasteiger partial charge >= 0.3 is 0 Å². The fourth-order valence-corrected chi connectivity index (χ4v) is 1.69. The quantitative estimate of drug-likeness (QED) is 0.406. The van der Waals surface area contributed by atoms with Gasteiger partial charge in [-0.25, -0.2) is 0 Å². The van der Waals surface area contributed by atoms with Gasteiger partial charge in [0.2, 0.25) is 0 Å². The van der Waals surface area contributed by atoms with Crippen LogP contribution in [-0.2, 0) is 0 Å². The summed E-state index contributed by atoms with van der Waals surface area (Å²) in [7, 11) is 0. The highest BCUT2D eigenvalue weighted by atomic mass is 14.2. The zero-order valence-corrected chi connectivity index (χ0v) is 7.77. The molecule has 1 saturated carbocycles. The Hall–Kier alpha value is -1.00. The maximum absolute atomic E-state index is 4.02. The van der Waals surface area contributed by atoms with Gasteiger partial charge in [0.1, 0.15) is 0 Å². The van der Waals surface area contributed by atoms with Crippen molar-refractivity contribution in [3.05, 3.63) is 42.2 Å². The average Bonchev–Trinajstić information content (AvgIpc) is 2.04. The number of rotatable bonds is 1. The average molecular weight is 160 g/mol. The molecule has 0 N–H and O–H groups in total. The summed E-state index contributed by atoms with van der Waals surface area (Å²) >= 11 is 0. The van der Waals surface area contributed by atoms with E-state index >= 15 is 0 Å². The molecule has 0 aliphatic heterocycles. The summed E-state index contributed by atoms with van der Waals surface area (Å²) in [6.07, 6.45) is 7.27. The van der Waals surface area contributed by atoms with E-state index in [9.17, 15) is 0 Å². The first-order valence-electron chi connectivity index (χ1n) is 4.44. The molecule has 0 nitrogen and oxygen atoms in total. The molecule has 64 valence electrons. The van der Waals surface area contributed by atoms with E-state index in [-0.39, 0.29) is 0 Å². The largest absolute Gasteiger partial charge is 0.126 e. The second-order valence-corrected chi connectivity index (χ2v) is 3.37. The van der Waals surface area contributed by atoms with Crippen LogP contribution in [0.3, 0.4) is 0 Å². The Kier molecular flexibility index (Phi) is 3.13. The lowest BCUT2D eigenvalue weighted by Gasteiger charge is -2.21. The highest BCUT2D eigenvalue weighted by molar-refractivity contribution is 5.20. The Labute approximate surface area is 75.0 Å². The molecule has 1 fully saturated rings. The van der Waals surface area contributed by atoms with E-state index in [0.717, 1.165) is 19.3 Å². The van der Waals surface area contributed by atoms with Gasteiger partial charge in [-0.2, -0.15) is 0 Å². The molecule has 0 saturated heterocycles. The minimum absolute atomic E-state index is 0.591. The molecule has 12 heavy (non-hydrogen) atoms. The van der Waals surface area contributed by atoms with E-state index in [1.54, 1.807) is 0 Å². The third kappa shape index (κ3) is 2.25. The summed E-state index contributed by atoms with van der Waals surface area (Å²) in [6, 6.07) is 0. The summed E-state index contributed by atoms with van der Waals surface area (Å²) < 4.78 is 0. The van der Waals surface area contributed by atoms with Crippen LogP contribution in [0.2, 0.25) is 0 Å². The van der Waals surface area contributed by atoms with Gasteiger partial charge in [0.25, 0.3) is 0 Å². The van der Waals surface area contributed by atoms with Gasteiger partial charge in [0.05, 0.1) is 0 Å². The Morgan fingerprint density at radius 2 is 2.25 bits per heavy atom. The molecule has 1 rings (SSSR count). The zero-order chi connectivity index (χ0) is 8.97. The van der Waals surface area contributed by atoms with Crippen LogP contribution in [0.1, 0.15) is 26.2 Å². The van der Waals surface area contributed by atoms with Gasteiger partial charge in [-0.1, -0.05) is 18.2 Å². The van der Waals surface area contributed by atoms with Crippen molar-refractivity contribution in [1.29, 1.82) is 0 Å². The Morgan fingerprint density at radius 3 is 2.83 bits per heavy atom. The molecule has 0 aromatic heterocycles. The molecule has 0 aromatic rings. The summed E-state index contributed by atoms with van der Waals surface area (Å²) in [5.41, 5.74) is 5.95. The second-order valence-electron chi connectivity index (χ2n) is 3.37. The molecule has 1 aliphatic rings. The maximum atomic E-state index is 4.02. The van der Waals surface area contributed by atoms with Crippen LogP contribution in [0.5, 0.6) is 0 Å². The van der Waals surface area contributed by atoms with E-state index in [4.69, 9.17) is 0 Å². The fraction of sp³-hybridized carbons (Fsp3) is 0.417. The smallest absolute Gasteiger partial charge is 0.00346 e. The van der Waals surface area contributed by atoms with E-state index in [1.165, 1.54) is 11.1 Å². The van der Waals surface area contributed by atoms with Crippen molar-refractivity contribution < 1.29 is 0 Å². The molecule has 1 atom stereocenters. The lowest BCUT2D eigenvalue weighted by atomic mass is 9.83.